The van der Waals surface area contributed by atoms with Gasteiger partial charge in [0.25, 0.3) is 0 Å². The molecule has 0 bridgehead atoms. The summed E-state index contributed by atoms with van der Waals surface area (Å²) in [6, 6.07) is 118. The molecular formula is C78H60O4P4. The standard InChI is InChI=1S/C60H45O3P3.C18H15OP/c61-64(52-19-7-1-8-20-52,53-21-9-2-10-22-53)58-37-31-46(32-38-58)49-43-50(47-33-39-59(40-34-47)65(62,54-23-11-3-12-24-54)55-25-13-4-14-26-55)45-51(44-49)48-35-41-60(42-36-48)66(63,56-27-15-5-16-28-56)57-29-17-6-18-30-57;19-20(16-10-4-1-5-11-16,17-12-6-2-7-13-17)18-14-8-3-9-15-18/h1-45H;1-15H. The van der Waals surface area contributed by atoms with Crippen LogP contribution in [0, 0.1) is 0 Å². The first-order valence-corrected chi connectivity index (χ1v) is 35.4. The smallest absolute Gasteiger partial charge is 0.171 e. The third-order valence-corrected chi connectivity index (χ3v) is 28.0. The minimum atomic E-state index is -3.18. The van der Waals surface area contributed by atoms with E-state index in [1.807, 2.05) is 309 Å². The Morgan fingerprint density at radius 1 is 0.128 bits per heavy atom. The molecule has 0 aliphatic carbocycles. The van der Waals surface area contributed by atoms with Crippen molar-refractivity contribution < 1.29 is 18.3 Å². The highest BCUT2D eigenvalue weighted by atomic mass is 31.2. The number of hydrogen-bond donors (Lipinski definition) is 0. The van der Waals surface area contributed by atoms with Gasteiger partial charge in [0.15, 0.2) is 28.6 Å². The normalized spacial score (nSPS) is 11.7. The highest BCUT2D eigenvalue weighted by Crippen LogP contribution is 2.47. The van der Waals surface area contributed by atoms with Gasteiger partial charge in [0.2, 0.25) is 0 Å². The number of rotatable bonds is 15. The molecule has 13 rings (SSSR count). The Morgan fingerprint density at radius 3 is 0.372 bits per heavy atom. The Kier molecular flexibility index (Phi) is 17.0. The topological polar surface area (TPSA) is 68.3 Å². The van der Waals surface area contributed by atoms with Crippen LogP contribution in [0.3, 0.4) is 0 Å². The van der Waals surface area contributed by atoms with Crippen molar-refractivity contribution in [3.8, 4) is 33.4 Å². The molecule has 416 valence electrons. The maximum Gasteiger partial charge on any atom is 0.171 e. The zero-order valence-electron chi connectivity index (χ0n) is 47.1. The maximum absolute atomic E-state index is 15.3. The van der Waals surface area contributed by atoms with Crippen molar-refractivity contribution in [3.05, 3.63) is 364 Å². The highest BCUT2D eigenvalue weighted by Gasteiger charge is 2.33. The zero-order valence-corrected chi connectivity index (χ0v) is 50.6. The minimum Gasteiger partial charge on any atom is -0.309 e. The summed E-state index contributed by atoms with van der Waals surface area (Å²) in [6.07, 6.45) is 0. The molecule has 0 aromatic heterocycles. The maximum atomic E-state index is 15.3. The molecule has 0 amide bonds. The summed E-state index contributed by atoms with van der Waals surface area (Å²) in [7, 11) is -12.3. The average Bonchev–Trinajstić information content (AvgIpc) is 3.64. The fourth-order valence-corrected chi connectivity index (χ4v) is 21.9. The van der Waals surface area contributed by atoms with Crippen LogP contribution in [0.1, 0.15) is 0 Å². The summed E-state index contributed by atoms with van der Waals surface area (Å²) in [5.41, 5.74) is 5.86. The predicted molar refractivity (Wildman–Crippen MR) is 367 cm³/mol. The lowest BCUT2D eigenvalue weighted by atomic mass is 9.93. The average molecular weight is 1190 g/mol. The molecule has 0 spiro atoms. The second kappa shape index (κ2) is 25.6. The second-order valence-corrected chi connectivity index (χ2v) is 32.0. The van der Waals surface area contributed by atoms with Crippen LogP contribution in [0.4, 0.5) is 0 Å². The molecule has 0 unspecified atom stereocenters. The van der Waals surface area contributed by atoms with Gasteiger partial charge in [-0.3, -0.25) is 0 Å². The van der Waals surface area contributed by atoms with E-state index in [-0.39, 0.29) is 0 Å². The molecule has 0 aliphatic heterocycles. The summed E-state index contributed by atoms with van der Waals surface area (Å²) >= 11 is 0. The van der Waals surface area contributed by atoms with Crippen molar-refractivity contribution in [2.24, 2.45) is 0 Å². The van der Waals surface area contributed by atoms with E-state index in [0.717, 1.165) is 97.0 Å². The molecule has 0 atom stereocenters. The van der Waals surface area contributed by atoms with Crippen molar-refractivity contribution in [3.63, 3.8) is 0 Å². The van der Waals surface area contributed by atoms with E-state index in [1.54, 1.807) is 0 Å². The van der Waals surface area contributed by atoms with E-state index in [1.165, 1.54) is 0 Å². The largest absolute Gasteiger partial charge is 0.309 e. The third-order valence-electron chi connectivity index (χ3n) is 15.7. The molecule has 0 aliphatic rings. The van der Waals surface area contributed by atoms with E-state index in [2.05, 4.69) is 54.6 Å². The molecule has 0 heterocycles. The van der Waals surface area contributed by atoms with Crippen molar-refractivity contribution in [2.75, 3.05) is 0 Å². The van der Waals surface area contributed by atoms with Crippen molar-refractivity contribution in [2.45, 2.75) is 0 Å². The Hall–Kier alpha value is -9.22. The lowest BCUT2D eigenvalue weighted by Gasteiger charge is -2.21. The van der Waals surface area contributed by atoms with Gasteiger partial charge in [-0.25, -0.2) is 0 Å². The Bertz CT molecular complexity index is 3950. The fourth-order valence-electron chi connectivity index (χ4n) is 11.2. The molecule has 86 heavy (non-hydrogen) atoms. The summed E-state index contributed by atoms with van der Waals surface area (Å²) in [5, 5.41) is 9.60. The Labute approximate surface area is 504 Å². The molecule has 0 radical (unpaired) electrons. The highest BCUT2D eigenvalue weighted by molar-refractivity contribution is 7.86. The molecule has 8 heteroatoms. The van der Waals surface area contributed by atoms with Crippen LogP contribution in [0.5, 0.6) is 0 Å². The summed E-state index contributed by atoms with van der Waals surface area (Å²) in [5.74, 6) is 0. The van der Waals surface area contributed by atoms with Gasteiger partial charge in [-0.05, 0) is 51.6 Å². The van der Waals surface area contributed by atoms with Gasteiger partial charge in [-0.15, -0.1) is 0 Å². The van der Waals surface area contributed by atoms with Crippen LogP contribution in [0.2, 0.25) is 0 Å². The lowest BCUT2D eigenvalue weighted by molar-refractivity contribution is 0.591. The van der Waals surface area contributed by atoms with E-state index < -0.39 is 28.6 Å². The molecule has 0 saturated carbocycles. The fraction of sp³-hybridized carbons (Fsp3) is 0. The van der Waals surface area contributed by atoms with Crippen molar-refractivity contribution >= 4 is 92.2 Å². The van der Waals surface area contributed by atoms with Gasteiger partial charge in [0, 0.05) is 63.7 Å². The van der Waals surface area contributed by atoms with Gasteiger partial charge in [0.1, 0.15) is 0 Å². The lowest BCUT2D eigenvalue weighted by Crippen LogP contribution is -2.24. The van der Waals surface area contributed by atoms with E-state index in [4.69, 9.17) is 0 Å². The molecule has 0 saturated heterocycles. The summed E-state index contributed by atoms with van der Waals surface area (Å²) < 4.78 is 59.6. The van der Waals surface area contributed by atoms with Crippen LogP contribution in [-0.4, -0.2) is 0 Å². The molecular weight excluding hydrogens is 1120 g/mol. The monoisotopic (exact) mass is 1180 g/mol. The van der Waals surface area contributed by atoms with Crippen LogP contribution < -0.4 is 63.7 Å². The summed E-state index contributed by atoms with van der Waals surface area (Å²) in [4.78, 5) is 0. The quantitative estimate of drug-likeness (QED) is 0.0959. The van der Waals surface area contributed by atoms with Gasteiger partial charge in [0.05, 0.1) is 0 Å². The second-order valence-electron chi connectivity index (χ2n) is 20.9. The third kappa shape index (κ3) is 11.4. The number of benzene rings is 13. The molecule has 13 aromatic carbocycles. The predicted octanol–water partition coefficient (Wildman–Crippen LogP) is 14.9. The molecule has 13 aromatic rings. The Balaban J connectivity index is 0.000000305. The van der Waals surface area contributed by atoms with Gasteiger partial charge < -0.3 is 18.3 Å². The van der Waals surface area contributed by atoms with Crippen molar-refractivity contribution in [1.29, 1.82) is 0 Å². The van der Waals surface area contributed by atoms with Crippen LogP contribution in [-0.2, 0) is 18.3 Å². The zero-order chi connectivity index (χ0) is 58.8. The molecule has 4 nitrogen and oxygen atoms in total. The summed E-state index contributed by atoms with van der Waals surface area (Å²) in [6.45, 7) is 0. The first-order chi connectivity index (χ1) is 42.2. The SMILES string of the molecule is O=P(c1ccccc1)(c1ccccc1)c1ccc(-c2cc(-c3ccc(P(=O)(c4ccccc4)c4ccccc4)cc3)cc(-c3ccc(P(=O)(c4ccccc4)c4ccccc4)cc3)c2)cc1.O=P(c1ccccc1)(c1ccccc1)c1ccccc1. The van der Waals surface area contributed by atoms with Gasteiger partial charge in [-0.2, -0.15) is 0 Å². The molecule has 0 fully saturated rings. The minimum absolute atomic E-state index is 0.758. The van der Waals surface area contributed by atoms with Gasteiger partial charge in [-0.1, -0.05) is 346 Å². The first kappa shape index (κ1) is 57.2. The van der Waals surface area contributed by atoms with E-state index in [0.29, 0.717) is 0 Å². The van der Waals surface area contributed by atoms with E-state index in [9.17, 15) is 4.57 Å². The Morgan fingerprint density at radius 2 is 0.244 bits per heavy atom. The van der Waals surface area contributed by atoms with Gasteiger partial charge >= 0.3 is 0 Å². The van der Waals surface area contributed by atoms with Crippen molar-refractivity contribution in [1.82, 2.24) is 0 Å². The number of hydrogen-bond acceptors (Lipinski definition) is 4. The first-order valence-electron chi connectivity index (χ1n) is 28.6. The van der Waals surface area contributed by atoms with Crippen LogP contribution in [0.15, 0.2) is 364 Å². The van der Waals surface area contributed by atoms with E-state index >= 15 is 13.7 Å². The molecule has 0 N–H and O–H groups in total. The van der Waals surface area contributed by atoms with Crippen LogP contribution >= 0.6 is 28.6 Å². The van der Waals surface area contributed by atoms with Crippen LogP contribution in [0.25, 0.3) is 33.4 Å².